The Hall–Kier alpha value is -2.55. The number of alkyl halides is 3. The van der Waals surface area contributed by atoms with Crippen LogP contribution in [0.25, 0.3) is 10.9 Å². The van der Waals surface area contributed by atoms with Crippen LogP contribution in [0, 0.1) is 0 Å². The minimum absolute atomic E-state index is 0.0423. The van der Waals surface area contributed by atoms with Gasteiger partial charge < -0.3 is 15.2 Å². The van der Waals surface area contributed by atoms with E-state index in [0.29, 0.717) is 0 Å². The first-order valence-corrected chi connectivity index (χ1v) is 7.81. The number of hydrogen-bond donors (Lipinski definition) is 2. The quantitative estimate of drug-likeness (QED) is 0.623. The van der Waals surface area contributed by atoms with Crippen molar-refractivity contribution in [2.45, 2.75) is 19.1 Å². The number of H-pyrrole nitrogens is 1. The van der Waals surface area contributed by atoms with Crippen molar-refractivity contribution in [2.24, 2.45) is 4.99 Å². The molecule has 1 amide bonds. The third kappa shape index (κ3) is 4.54. The SMILES string of the molecule is CC(Nc1cc(=O)[nH]c2c(Cl)cc(C(F)(F)F)cc12)C(=O)/N=C/N(C)C. The molecule has 0 bridgehead atoms. The van der Waals surface area contributed by atoms with Crippen LogP contribution < -0.4 is 10.9 Å². The Balaban J connectivity index is 2.51. The molecular formula is C16H16ClF3N4O2. The lowest BCUT2D eigenvalue weighted by atomic mass is 10.1. The van der Waals surface area contributed by atoms with Gasteiger partial charge in [0.2, 0.25) is 0 Å². The summed E-state index contributed by atoms with van der Waals surface area (Å²) in [6.07, 6.45) is -3.31. The van der Waals surface area contributed by atoms with Gasteiger partial charge in [0.25, 0.3) is 11.5 Å². The minimum atomic E-state index is -4.61. The molecule has 1 aromatic heterocycles. The maximum atomic E-state index is 13.0. The highest BCUT2D eigenvalue weighted by Gasteiger charge is 2.32. The molecular weight excluding hydrogens is 373 g/mol. The molecule has 0 saturated heterocycles. The standard InChI is InChI=1S/C16H16ClF3N4O2/c1-8(15(26)21-7-24(2)3)22-12-6-13(25)23-14-10(12)4-9(5-11(14)17)16(18,19)20/h4-8H,1-3H3,(H2,22,23,25)/b21-7+. The van der Waals surface area contributed by atoms with Gasteiger partial charge in [-0.2, -0.15) is 13.2 Å². The van der Waals surface area contributed by atoms with Crippen LogP contribution in [0.1, 0.15) is 12.5 Å². The number of carbonyl (C=O) groups is 1. The number of carbonyl (C=O) groups excluding carboxylic acids is 1. The maximum absolute atomic E-state index is 13.0. The molecule has 0 aliphatic carbocycles. The van der Waals surface area contributed by atoms with Crippen LogP contribution in [0.5, 0.6) is 0 Å². The predicted molar refractivity (Wildman–Crippen MR) is 94.9 cm³/mol. The molecule has 2 rings (SSSR count). The molecule has 0 fully saturated rings. The number of hydrogen-bond acceptors (Lipinski definition) is 3. The van der Waals surface area contributed by atoms with Gasteiger partial charge in [-0.3, -0.25) is 9.59 Å². The summed E-state index contributed by atoms with van der Waals surface area (Å²) >= 11 is 5.90. The van der Waals surface area contributed by atoms with Crippen molar-refractivity contribution in [2.75, 3.05) is 19.4 Å². The first-order chi connectivity index (χ1) is 12.0. The van der Waals surface area contributed by atoms with Crippen molar-refractivity contribution in [3.05, 3.63) is 39.1 Å². The number of amides is 1. The largest absolute Gasteiger partial charge is 0.416 e. The Morgan fingerprint density at radius 1 is 1.35 bits per heavy atom. The number of aromatic amines is 1. The van der Waals surface area contributed by atoms with Crippen molar-refractivity contribution in [3.63, 3.8) is 0 Å². The molecule has 2 N–H and O–H groups in total. The number of anilines is 1. The zero-order valence-corrected chi connectivity index (χ0v) is 14.9. The first kappa shape index (κ1) is 19.8. The average molecular weight is 389 g/mol. The number of aliphatic imine (C=N–C) groups is 1. The van der Waals surface area contributed by atoms with Crippen molar-refractivity contribution >= 4 is 40.4 Å². The summed E-state index contributed by atoms with van der Waals surface area (Å²) in [5.41, 5.74) is -1.43. The van der Waals surface area contributed by atoms with Crippen molar-refractivity contribution < 1.29 is 18.0 Å². The first-order valence-electron chi connectivity index (χ1n) is 7.44. The van der Waals surface area contributed by atoms with Gasteiger partial charge in [0, 0.05) is 31.2 Å². The normalized spacial score (nSPS) is 13.2. The van der Waals surface area contributed by atoms with E-state index in [4.69, 9.17) is 11.6 Å². The summed E-state index contributed by atoms with van der Waals surface area (Å²) in [6, 6.07) is 1.79. The molecule has 10 heteroatoms. The van der Waals surface area contributed by atoms with E-state index < -0.39 is 29.2 Å². The van der Waals surface area contributed by atoms with Crippen LogP contribution in [0.2, 0.25) is 5.02 Å². The molecule has 0 spiro atoms. The molecule has 0 aliphatic heterocycles. The number of nitrogens with zero attached hydrogens (tertiary/aromatic N) is 2. The molecule has 140 valence electrons. The number of rotatable bonds is 4. The Morgan fingerprint density at radius 3 is 2.58 bits per heavy atom. The van der Waals surface area contributed by atoms with Gasteiger partial charge in [0.05, 0.1) is 22.4 Å². The monoisotopic (exact) mass is 388 g/mol. The molecule has 6 nitrogen and oxygen atoms in total. The van der Waals surface area contributed by atoms with E-state index >= 15 is 0 Å². The average Bonchev–Trinajstić information content (AvgIpc) is 2.52. The van der Waals surface area contributed by atoms with Crippen molar-refractivity contribution in [3.8, 4) is 0 Å². The van der Waals surface area contributed by atoms with E-state index in [0.717, 1.165) is 18.2 Å². The van der Waals surface area contributed by atoms with Gasteiger partial charge in [-0.25, -0.2) is 4.99 Å². The maximum Gasteiger partial charge on any atom is 0.416 e. The lowest BCUT2D eigenvalue weighted by Crippen LogP contribution is -2.26. The summed E-state index contributed by atoms with van der Waals surface area (Å²) in [7, 11) is 3.36. The zero-order chi connectivity index (χ0) is 19.6. The Labute approximate surface area is 151 Å². The van der Waals surface area contributed by atoms with E-state index in [1.54, 1.807) is 19.0 Å². The van der Waals surface area contributed by atoms with Gasteiger partial charge in [-0.1, -0.05) is 11.6 Å². The topological polar surface area (TPSA) is 77.6 Å². The van der Waals surface area contributed by atoms with E-state index in [9.17, 15) is 22.8 Å². The summed E-state index contributed by atoms with van der Waals surface area (Å²) in [4.78, 5) is 31.5. The summed E-state index contributed by atoms with van der Waals surface area (Å²) in [5.74, 6) is -0.551. The highest BCUT2D eigenvalue weighted by atomic mass is 35.5. The molecule has 1 heterocycles. The Morgan fingerprint density at radius 2 is 2.00 bits per heavy atom. The zero-order valence-electron chi connectivity index (χ0n) is 14.1. The predicted octanol–water partition coefficient (Wildman–Crippen LogP) is 3.12. The Bertz CT molecular complexity index is 922. The molecule has 0 aliphatic rings. The van der Waals surface area contributed by atoms with E-state index in [2.05, 4.69) is 15.3 Å². The molecule has 1 unspecified atom stereocenters. The van der Waals surface area contributed by atoms with Crippen LogP contribution in [-0.2, 0) is 11.0 Å². The van der Waals surface area contributed by atoms with Crippen LogP contribution in [-0.4, -0.2) is 42.3 Å². The molecule has 1 atom stereocenters. The molecule has 1 aromatic carbocycles. The number of aromatic nitrogens is 1. The smallest absolute Gasteiger partial charge is 0.373 e. The molecule has 0 radical (unpaired) electrons. The fourth-order valence-corrected chi connectivity index (χ4v) is 2.44. The van der Waals surface area contributed by atoms with Gasteiger partial charge in [0.15, 0.2) is 0 Å². The van der Waals surface area contributed by atoms with Gasteiger partial charge in [-0.05, 0) is 19.1 Å². The van der Waals surface area contributed by atoms with Gasteiger partial charge in [0.1, 0.15) is 6.04 Å². The van der Waals surface area contributed by atoms with Crippen molar-refractivity contribution in [1.82, 2.24) is 9.88 Å². The minimum Gasteiger partial charge on any atom is -0.373 e. The van der Waals surface area contributed by atoms with Crippen molar-refractivity contribution in [1.29, 1.82) is 0 Å². The highest BCUT2D eigenvalue weighted by Crippen LogP contribution is 2.36. The van der Waals surface area contributed by atoms with Crippen LogP contribution in [0.15, 0.2) is 28.0 Å². The fourth-order valence-electron chi connectivity index (χ4n) is 2.18. The molecule has 26 heavy (non-hydrogen) atoms. The third-order valence-corrected chi connectivity index (χ3v) is 3.69. The summed E-state index contributed by atoms with van der Waals surface area (Å²) < 4.78 is 39.1. The molecule has 2 aromatic rings. The van der Waals surface area contributed by atoms with Crippen LogP contribution >= 0.6 is 11.6 Å². The van der Waals surface area contributed by atoms with Crippen LogP contribution in [0.3, 0.4) is 0 Å². The lowest BCUT2D eigenvalue weighted by molar-refractivity contribution is -0.137. The lowest BCUT2D eigenvalue weighted by Gasteiger charge is -2.16. The molecule has 0 saturated carbocycles. The summed E-state index contributed by atoms with van der Waals surface area (Å²) in [5, 5.41) is 2.52. The third-order valence-electron chi connectivity index (χ3n) is 3.39. The number of benzene rings is 1. The van der Waals surface area contributed by atoms with E-state index in [-0.39, 0.29) is 21.6 Å². The summed E-state index contributed by atoms with van der Waals surface area (Å²) in [6.45, 7) is 1.48. The number of pyridine rings is 1. The number of nitrogens with one attached hydrogen (secondary N) is 2. The van der Waals surface area contributed by atoms with E-state index in [1.165, 1.54) is 13.3 Å². The highest BCUT2D eigenvalue weighted by molar-refractivity contribution is 6.35. The Kier molecular flexibility index (Phi) is 5.60. The van der Waals surface area contributed by atoms with Gasteiger partial charge in [-0.15, -0.1) is 0 Å². The second-order valence-electron chi connectivity index (χ2n) is 5.84. The number of fused-ring (bicyclic) bond motifs is 1. The second kappa shape index (κ2) is 7.36. The van der Waals surface area contributed by atoms with Crippen LogP contribution in [0.4, 0.5) is 18.9 Å². The fraction of sp³-hybridized carbons (Fsp3) is 0.312. The van der Waals surface area contributed by atoms with E-state index in [1.807, 2.05) is 0 Å². The number of halogens is 4. The van der Waals surface area contributed by atoms with Gasteiger partial charge >= 0.3 is 6.18 Å². The second-order valence-corrected chi connectivity index (χ2v) is 6.25.